The first-order valence-corrected chi connectivity index (χ1v) is 8.38. The normalized spacial score (nSPS) is 10.4. The van der Waals surface area contributed by atoms with Crippen molar-refractivity contribution in [1.29, 1.82) is 5.41 Å². The van der Waals surface area contributed by atoms with E-state index in [-0.39, 0.29) is 33.7 Å². The van der Waals surface area contributed by atoms with Crippen molar-refractivity contribution in [2.24, 2.45) is 0 Å². The first-order chi connectivity index (χ1) is 12.9. The number of carbonyl (C=O) groups is 1. The summed E-state index contributed by atoms with van der Waals surface area (Å²) in [6.45, 7) is 1.80. The molecule has 27 heavy (non-hydrogen) atoms. The molecule has 0 aliphatic rings. The fraction of sp³-hybridized carbons (Fsp3) is 0.0526. The van der Waals surface area contributed by atoms with Crippen LogP contribution < -0.4 is 16.8 Å². The zero-order valence-electron chi connectivity index (χ0n) is 14.5. The maximum atomic E-state index is 12.4. The van der Waals surface area contributed by atoms with Crippen LogP contribution in [-0.2, 0) is 0 Å². The highest BCUT2D eigenvalue weighted by atomic mass is 35.5. The lowest BCUT2D eigenvalue weighted by Crippen LogP contribution is -2.15. The molecule has 136 valence electrons. The van der Waals surface area contributed by atoms with Gasteiger partial charge in [-0.05, 0) is 36.8 Å². The number of nitrogens with zero attached hydrogens (tertiary/aromatic N) is 2. The van der Waals surface area contributed by atoms with E-state index in [0.717, 1.165) is 0 Å². The Bertz CT molecular complexity index is 1040. The lowest BCUT2D eigenvalue weighted by atomic mass is 9.96. The van der Waals surface area contributed by atoms with Gasteiger partial charge in [0.15, 0.2) is 0 Å². The monoisotopic (exact) mass is 380 g/mol. The van der Waals surface area contributed by atoms with Crippen molar-refractivity contribution in [2.75, 3.05) is 16.8 Å². The summed E-state index contributed by atoms with van der Waals surface area (Å²) in [5.41, 5.74) is 14.2. The molecule has 8 heteroatoms. The second kappa shape index (κ2) is 7.43. The number of hydrogen-bond acceptors (Lipinski definition) is 6. The second-order valence-corrected chi connectivity index (χ2v) is 6.26. The summed E-state index contributed by atoms with van der Waals surface area (Å²) in [4.78, 5) is 20.4. The number of aromatic nitrogens is 2. The van der Waals surface area contributed by atoms with Crippen LogP contribution in [0.3, 0.4) is 0 Å². The summed E-state index contributed by atoms with van der Waals surface area (Å²) in [6, 6.07) is 10.2. The number of rotatable bonds is 4. The molecule has 0 radical (unpaired) electrons. The zero-order valence-corrected chi connectivity index (χ0v) is 15.2. The van der Waals surface area contributed by atoms with Crippen LogP contribution in [0.5, 0.6) is 0 Å². The summed E-state index contributed by atoms with van der Waals surface area (Å²) >= 11 is 6.00. The number of aryl methyl sites for hydroxylation is 1. The van der Waals surface area contributed by atoms with E-state index in [9.17, 15) is 4.79 Å². The number of nitrogens with two attached hydrogens (primary N) is 2. The third kappa shape index (κ3) is 3.73. The van der Waals surface area contributed by atoms with Crippen molar-refractivity contribution >= 4 is 40.5 Å². The van der Waals surface area contributed by atoms with Crippen LogP contribution in [-0.4, -0.2) is 21.6 Å². The molecule has 0 saturated carbocycles. The van der Waals surface area contributed by atoms with Crippen molar-refractivity contribution < 1.29 is 4.79 Å². The molecule has 0 spiro atoms. The van der Waals surface area contributed by atoms with E-state index in [1.165, 1.54) is 6.20 Å². The van der Waals surface area contributed by atoms with Gasteiger partial charge < -0.3 is 16.8 Å². The molecular formula is C19H17ClN6O. The molecule has 0 saturated heterocycles. The maximum Gasteiger partial charge on any atom is 0.256 e. The number of benzene rings is 1. The Balaban J connectivity index is 1.90. The van der Waals surface area contributed by atoms with Crippen LogP contribution in [0.2, 0.25) is 5.02 Å². The fourth-order valence-electron chi connectivity index (χ4n) is 2.63. The summed E-state index contributed by atoms with van der Waals surface area (Å²) in [5, 5.41) is 11.4. The molecule has 6 N–H and O–H groups in total. The summed E-state index contributed by atoms with van der Waals surface area (Å²) in [7, 11) is 0. The standard InChI is InChI=1S/C19H17ClN6O/c1-10-8-11(19(27)26-14-4-2-3-7-24-14)5-6-12(10)16(21)15-17(22)13(20)9-25-18(15)23/h2-9,21H,1H3,(H4,22,23,25)(H,24,26,27). The van der Waals surface area contributed by atoms with Crippen molar-refractivity contribution in [1.82, 2.24) is 9.97 Å². The van der Waals surface area contributed by atoms with E-state index in [0.29, 0.717) is 22.5 Å². The molecule has 1 amide bonds. The molecule has 3 aromatic rings. The van der Waals surface area contributed by atoms with Crippen LogP contribution >= 0.6 is 11.6 Å². The zero-order chi connectivity index (χ0) is 19.6. The van der Waals surface area contributed by atoms with Gasteiger partial charge in [-0.15, -0.1) is 0 Å². The average molecular weight is 381 g/mol. The van der Waals surface area contributed by atoms with Gasteiger partial charge in [0.1, 0.15) is 11.6 Å². The topological polar surface area (TPSA) is 131 Å². The average Bonchev–Trinajstić information content (AvgIpc) is 2.65. The molecular weight excluding hydrogens is 364 g/mol. The van der Waals surface area contributed by atoms with Gasteiger partial charge in [-0.25, -0.2) is 9.97 Å². The number of hydrogen-bond donors (Lipinski definition) is 4. The summed E-state index contributed by atoms with van der Waals surface area (Å²) in [5.74, 6) is 0.291. The van der Waals surface area contributed by atoms with E-state index < -0.39 is 0 Å². The van der Waals surface area contributed by atoms with E-state index >= 15 is 0 Å². The predicted molar refractivity (Wildman–Crippen MR) is 107 cm³/mol. The number of nitrogens with one attached hydrogen (secondary N) is 2. The molecule has 2 aromatic heterocycles. The molecule has 0 unspecified atom stereocenters. The van der Waals surface area contributed by atoms with Crippen LogP contribution in [0, 0.1) is 12.3 Å². The first kappa shape index (κ1) is 18.3. The molecule has 0 aliphatic heterocycles. The molecule has 0 bridgehead atoms. The quantitative estimate of drug-likeness (QED) is 0.516. The first-order valence-electron chi connectivity index (χ1n) is 8.00. The van der Waals surface area contributed by atoms with Crippen LogP contribution in [0.25, 0.3) is 0 Å². The van der Waals surface area contributed by atoms with Gasteiger partial charge in [0.2, 0.25) is 0 Å². The van der Waals surface area contributed by atoms with Gasteiger partial charge in [0.25, 0.3) is 5.91 Å². The summed E-state index contributed by atoms with van der Waals surface area (Å²) in [6.07, 6.45) is 2.94. The van der Waals surface area contributed by atoms with Crippen LogP contribution in [0.4, 0.5) is 17.3 Å². The van der Waals surface area contributed by atoms with Crippen LogP contribution in [0.15, 0.2) is 48.8 Å². The Labute approximate surface area is 160 Å². The largest absolute Gasteiger partial charge is 0.397 e. The van der Waals surface area contributed by atoms with E-state index in [4.69, 9.17) is 28.5 Å². The smallest absolute Gasteiger partial charge is 0.256 e. The minimum Gasteiger partial charge on any atom is -0.397 e. The Kier molecular flexibility index (Phi) is 5.05. The number of carbonyl (C=O) groups excluding carboxylic acids is 1. The number of anilines is 3. The van der Waals surface area contributed by atoms with Crippen LogP contribution in [0.1, 0.15) is 27.0 Å². The molecule has 0 atom stereocenters. The predicted octanol–water partition coefficient (Wildman–Crippen LogP) is 3.27. The highest BCUT2D eigenvalue weighted by molar-refractivity contribution is 6.34. The molecule has 7 nitrogen and oxygen atoms in total. The Hall–Kier alpha value is -3.45. The second-order valence-electron chi connectivity index (χ2n) is 5.85. The van der Waals surface area contributed by atoms with E-state index in [1.807, 2.05) is 0 Å². The van der Waals surface area contributed by atoms with Crippen molar-refractivity contribution in [3.8, 4) is 0 Å². The number of amides is 1. The summed E-state index contributed by atoms with van der Waals surface area (Å²) < 4.78 is 0. The molecule has 0 aliphatic carbocycles. The maximum absolute atomic E-state index is 12.4. The highest BCUT2D eigenvalue weighted by Gasteiger charge is 2.18. The Morgan fingerprint density at radius 1 is 1.19 bits per heavy atom. The Morgan fingerprint density at radius 3 is 2.63 bits per heavy atom. The lowest BCUT2D eigenvalue weighted by molar-refractivity contribution is 0.102. The number of halogens is 1. The number of nitrogen functional groups attached to an aromatic ring is 2. The fourth-order valence-corrected chi connectivity index (χ4v) is 2.77. The Morgan fingerprint density at radius 2 is 1.96 bits per heavy atom. The van der Waals surface area contributed by atoms with Gasteiger partial charge in [-0.3, -0.25) is 10.2 Å². The van der Waals surface area contributed by atoms with Gasteiger partial charge in [-0.2, -0.15) is 0 Å². The van der Waals surface area contributed by atoms with E-state index in [1.54, 1.807) is 49.5 Å². The van der Waals surface area contributed by atoms with Crippen molar-refractivity contribution in [3.05, 3.63) is 76.1 Å². The van der Waals surface area contributed by atoms with Crippen molar-refractivity contribution in [3.63, 3.8) is 0 Å². The lowest BCUT2D eigenvalue weighted by Gasteiger charge is -2.14. The third-order valence-corrected chi connectivity index (χ3v) is 4.32. The minimum atomic E-state index is -0.293. The molecule has 1 aromatic carbocycles. The SMILES string of the molecule is Cc1cc(C(=O)Nc2ccccn2)ccc1C(=N)c1c(N)ncc(Cl)c1N. The van der Waals surface area contributed by atoms with Gasteiger partial charge >= 0.3 is 0 Å². The third-order valence-electron chi connectivity index (χ3n) is 4.01. The van der Waals surface area contributed by atoms with Gasteiger partial charge in [-0.1, -0.05) is 23.7 Å². The van der Waals surface area contributed by atoms with Gasteiger partial charge in [0.05, 0.1) is 28.2 Å². The number of pyridine rings is 2. The van der Waals surface area contributed by atoms with E-state index in [2.05, 4.69) is 15.3 Å². The molecule has 0 fully saturated rings. The molecule has 3 rings (SSSR count). The van der Waals surface area contributed by atoms with Crippen molar-refractivity contribution in [2.45, 2.75) is 6.92 Å². The molecule has 2 heterocycles. The minimum absolute atomic E-state index is 0.0918. The highest BCUT2D eigenvalue weighted by Crippen LogP contribution is 2.29. The van der Waals surface area contributed by atoms with Gasteiger partial charge in [0, 0.05) is 17.3 Å².